The van der Waals surface area contributed by atoms with Gasteiger partial charge in [0.15, 0.2) is 5.16 Å². The Morgan fingerprint density at radius 3 is 3.06 bits per heavy atom. The van der Waals surface area contributed by atoms with Crippen LogP contribution in [0.3, 0.4) is 0 Å². The van der Waals surface area contributed by atoms with Gasteiger partial charge in [-0.2, -0.15) is 0 Å². The smallest absolute Gasteiger partial charge is 0.191 e. The van der Waals surface area contributed by atoms with E-state index in [4.69, 9.17) is 4.74 Å². The number of nitrogens with zero attached hydrogens (tertiary/aromatic N) is 3. The third-order valence-electron chi connectivity index (χ3n) is 2.57. The van der Waals surface area contributed by atoms with Crippen LogP contribution in [0.4, 0.5) is 0 Å². The van der Waals surface area contributed by atoms with Crippen LogP contribution in [0.5, 0.6) is 0 Å². The molecule has 2 aromatic rings. The fraction of sp³-hybridized carbons (Fsp3) is 0.385. The number of rotatable bonds is 6. The average Bonchev–Trinajstić information content (AvgIpc) is 2.81. The minimum absolute atomic E-state index is 0.677. The van der Waals surface area contributed by atoms with Gasteiger partial charge in [0.05, 0.1) is 6.61 Å². The normalized spacial score (nSPS) is 10.8. The van der Waals surface area contributed by atoms with Gasteiger partial charge in [-0.1, -0.05) is 41.6 Å². The molecule has 1 aromatic carbocycles. The van der Waals surface area contributed by atoms with E-state index >= 15 is 0 Å². The van der Waals surface area contributed by atoms with E-state index in [1.165, 1.54) is 11.1 Å². The minimum atomic E-state index is 0.677. The van der Waals surface area contributed by atoms with Crippen molar-refractivity contribution in [1.82, 2.24) is 14.8 Å². The molecule has 1 heterocycles. The van der Waals surface area contributed by atoms with E-state index in [1.807, 2.05) is 4.57 Å². The maximum Gasteiger partial charge on any atom is 0.191 e. The summed E-state index contributed by atoms with van der Waals surface area (Å²) in [7, 11) is 1.70. The van der Waals surface area contributed by atoms with Gasteiger partial charge < -0.3 is 9.30 Å². The van der Waals surface area contributed by atoms with Gasteiger partial charge in [0.25, 0.3) is 0 Å². The van der Waals surface area contributed by atoms with Crippen molar-refractivity contribution in [2.24, 2.45) is 0 Å². The molecule has 0 aliphatic rings. The second-order valence-electron chi connectivity index (χ2n) is 4.08. The maximum absolute atomic E-state index is 5.06. The molecule has 0 atom stereocenters. The number of methoxy groups -OCH3 is 1. The van der Waals surface area contributed by atoms with E-state index in [2.05, 4.69) is 41.4 Å². The summed E-state index contributed by atoms with van der Waals surface area (Å²) in [4.78, 5) is 0. The van der Waals surface area contributed by atoms with Gasteiger partial charge in [-0.25, -0.2) is 0 Å². The highest BCUT2D eigenvalue weighted by Gasteiger charge is 2.05. The maximum atomic E-state index is 5.06. The molecule has 0 saturated carbocycles. The van der Waals surface area contributed by atoms with Gasteiger partial charge in [-0.15, -0.1) is 10.2 Å². The molecule has 2 rings (SSSR count). The topological polar surface area (TPSA) is 39.9 Å². The monoisotopic (exact) mass is 263 g/mol. The van der Waals surface area contributed by atoms with Crippen molar-refractivity contribution < 1.29 is 4.74 Å². The molecule has 18 heavy (non-hydrogen) atoms. The summed E-state index contributed by atoms with van der Waals surface area (Å²) >= 11 is 1.70. The SMILES string of the molecule is COCCn1cnnc1SCc1cccc(C)c1. The Morgan fingerprint density at radius 1 is 1.39 bits per heavy atom. The lowest BCUT2D eigenvalue weighted by Crippen LogP contribution is -2.04. The van der Waals surface area contributed by atoms with Crippen LogP contribution < -0.4 is 0 Å². The Morgan fingerprint density at radius 2 is 2.28 bits per heavy atom. The van der Waals surface area contributed by atoms with Crippen molar-refractivity contribution >= 4 is 11.8 Å². The molecular formula is C13H17N3OS. The van der Waals surface area contributed by atoms with E-state index in [-0.39, 0.29) is 0 Å². The second-order valence-corrected chi connectivity index (χ2v) is 5.02. The zero-order valence-corrected chi connectivity index (χ0v) is 11.5. The lowest BCUT2D eigenvalue weighted by Gasteiger charge is -2.05. The van der Waals surface area contributed by atoms with E-state index in [0.29, 0.717) is 6.61 Å². The Kier molecular flexibility index (Phi) is 4.78. The Balaban J connectivity index is 1.95. The molecule has 0 aliphatic heterocycles. The molecule has 5 heteroatoms. The summed E-state index contributed by atoms with van der Waals surface area (Å²) < 4.78 is 7.08. The van der Waals surface area contributed by atoms with Crippen LogP contribution >= 0.6 is 11.8 Å². The highest BCUT2D eigenvalue weighted by atomic mass is 32.2. The summed E-state index contributed by atoms with van der Waals surface area (Å²) in [5.41, 5.74) is 2.59. The molecular weight excluding hydrogens is 246 g/mol. The van der Waals surface area contributed by atoms with Gasteiger partial charge >= 0.3 is 0 Å². The van der Waals surface area contributed by atoms with Gasteiger partial charge in [0, 0.05) is 19.4 Å². The fourth-order valence-corrected chi connectivity index (χ4v) is 2.53. The van der Waals surface area contributed by atoms with E-state index in [9.17, 15) is 0 Å². The average molecular weight is 263 g/mol. The molecule has 4 nitrogen and oxygen atoms in total. The van der Waals surface area contributed by atoms with Crippen LogP contribution in [-0.4, -0.2) is 28.5 Å². The van der Waals surface area contributed by atoms with Crippen molar-refractivity contribution in [3.05, 3.63) is 41.7 Å². The van der Waals surface area contributed by atoms with Crippen molar-refractivity contribution in [1.29, 1.82) is 0 Å². The standard InChI is InChI=1S/C13H17N3OS/c1-11-4-3-5-12(8-11)9-18-13-15-14-10-16(13)6-7-17-2/h3-5,8,10H,6-7,9H2,1-2H3. The number of hydrogen-bond donors (Lipinski definition) is 0. The van der Waals surface area contributed by atoms with Gasteiger partial charge in [-0.3, -0.25) is 0 Å². The minimum Gasteiger partial charge on any atom is -0.383 e. The van der Waals surface area contributed by atoms with E-state index < -0.39 is 0 Å². The molecule has 0 radical (unpaired) electrons. The first-order chi connectivity index (χ1) is 8.79. The second kappa shape index (κ2) is 6.56. The molecule has 0 amide bonds. The Hall–Kier alpha value is -1.33. The highest BCUT2D eigenvalue weighted by molar-refractivity contribution is 7.98. The molecule has 0 bridgehead atoms. The summed E-state index contributed by atoms with van der Waals surface area (Å²) in [6, 6.07) is 8.52. The number of aromatic nitrogens is 3. The number of ether oxygens (including phenoxy) is 1. The van der Waals surface area contributed by atoms with Crippen molar-refractivity contribution in [3.63, 3.8) is 0 Å². The zero-order valence-electron chi connectivity index (χ0n) is 10.7. The lowest BCUT2D eigenvalue weighted by molar-refractivity contribution is 0.184. The Labute approximate surface area is 111 Å². The third kappa shape index (κ3) is 3.58. The predicted molar refractivity (Wildman–Crippen MR) is 72.6 cm³/mol. The first kappa shape index (κ1) is 13.1. The summed E-state index contributed by atoms with van der Waals surface area (Å²) in [6.45, 7) is 3.57. The number of thioether (sulfide) groups is 1. The molecule has 0 spiro atoms. The van der Waals surface area contributed by atoms with Gasteiger partial charge in [0.2, 0.25) is 0 Å². The van der Waals surface area contributed by atoms with Gasteiger partial charge in [0.1, 0.15) is 6.33 Å². The predicted octanol–water partition coefficient (Wildman–Crippen LogP) is 2.53. The fourth-order valence-electron chi connectivity index (χ4n) is 1.65. The van der Waals surface area contributed by atoms with Crippen LogP contribution in [0, 0.1) is 6.92 Å². The number of benzene rings is 1. The zero-order chi connectivity index (χ0) is 12.8. The van der Waals surface area contributed by atoms with Crippen molar-refractivity contribution in [3.8, 4) is 0 Å². The third-order valence-corrected chi connectivity index (χ3v) is 3.62. The van der Waals surface area contributed by atoms with Crippen LogP contribution in [-0.2, 0) is 17.0 Å². The molecule has 0 aliphatic carbocycles. The Bertz CT molecular complexity index is 498. The van der Waals surface area contributed by atoms with E-state index in [1.54, 1.807) is 25.2 Å². The highest BCUT2D eigenvalue weighted by Crippen LogP contribution is 2.20. The summed E-state index contributed by atoms with van der Waals surface area (Å²) in [5.74, 6) is 0.910. The van der Waals surface area contributed by atoms with Crippen molar-refractivity contribution in [2.45, 2.75) is 24.4 Å². The molecule has 96 valence electrons. The number of aryl methyl sites for hydroxylation is 1. The molecule has 0 N–H and O–H groups in total. The summed E-state index contributed by atoms with van der Waals surface area (Å²) in [5, 5.41) is 9.01. The van der Waals surface area contributed by atoms with Crippen molar-refractivity contribution in [2.75, 3.05) is 13.7 Å². The van der Waals surface area contributed by atoms with Crippen LogP contribution in [0.1, 0.15) is 11.1 Å². The molecule has 0 unspecified atom stereocenters. The summed E-state index contributed by atoms with van der Waals surface area (Å²) in [6.07, 6.45) is 1.75. The van der Waals surface area contributed by atoms with Gasteiger partial charge in [-0.05, 0) is 12.5 Å². The number of hydrogen-bond acceptors (Lipinski definition) is 4. The van der Waals surface area contributed by atoms with Crippen LogP contribution in [0.15, 0.2) is 35.7 Å². The quantitative estimate of drug-likeness (QED) is 0.751. The molecule has 0 saturated heterocycles. The van der Waals surface area contributed by atoms with Crippen LogP contribution in [0.25, 0.3) is 0 Å². The van der Waals surface area contributed by atoms with E-state index in [0.717, 1.165) is 17.5 Å². The largest absolute Gasteiger partial charge is 0.383 e. The first-order valence-corrected chi connectivity index (χ1v) is 6.83. The lowest BCUT2D eigenvalue weighted by atomic mass is 10.2. The van der Waals surface area contributed by atoms with Crippen LogP contribution in [0.2, 0.25) is 0 Å². The molecule has 0 fully saturated rings. The molecule has 1 aromatic heterocycles. The first-order valence-electron chi connectivity index (χ1n) is 5.84.